The molecule has 72 valence electrons. The largest absolute Gasteiger partial charge is 0.353 e. The van der Waals surface area contributed by atoms with E-state index in [0.717, 1.165) is 18.8 Å². The smallest absolute Gasteiger partial charge is 0.222 e. The van der Waals surface area contributed by atoms with Gasteiger partial charge in [-0.1, -0.05) is 6.92 Å². The summed E-state index contributed by atoms with van der Waals surface area (Å²) in [6, 6.07) is 0. The average Bonchev–Trinajstić information content (AvgIpc) is 2.16. The van der Waals surface area contributed by atoms with E-state index in [2.05, 4.69) is 15.3 Å². The molecule has 0 aliphatic heterocycles. The minimum atomic E-state index is -0.441. The molecule has 0 radical (unpaired) electrons. The van der Waals surface area contributed by atoms with Gasteiger partial charge in [0.15, 0.2) is 5.82 Å². The first kappa shape index (κ1) is 10.2. The van der Waals surface area contributed by atoms with Gasteiger partial charge in [0, 0.05) is 6.54 Å². The topological polar surface area (TPSA) is 37.8 Å². The highest BCUT2D eigenvalue weighted by Gasteiger charge is 2.01. The van der Waals surface area contributed by atoms with Gasteiger partial charge in [0.25, 0.3) is 0 Å². The van der Waals surface area contributed by atoms with Gasteiger partial charge in [0.1, 0.15) is 0 Å². The molecule has 0 saturated heterocycles. The zero-order chi connectivity index (χ0) is 9.68. The molecule has 0 spiro atoms. The third-order valence-electron chi connectivity index (χ3n) is 1.54. The van der Waals surface area contributed by atoms with Crippen molar-refractivity contribution >= 4 is 17.5 Å². The highest BCUT2D eigenvalue weighted by atomic mass is 35.5. The van der Waals surface area contributed by atoms with E-state index >= 15 is 0 Å². The van der Waals surface area contributed by atoms with E-state index in [9.17, 15) is 4.39 Å². The highest BCUT2D eigenvalue weighted by Crippen LogP contribution is 2.03. The van der Waals surface area contributed by atoms with Crippen LogP contribution in [0.4, 0.5) is 10.3 Å². The lowest BCUT2D eigenvalue weighted by molar-refractivity contribution is 0.614. The second kappa shape index (κ2) is 4.97. The molecular weight excluding hydrogens is 193 g/mol. The van der Waals surface area contributed by atoms with Gasteiger partial charge in [-0.2, -0.15) is 0 Å². The normalized spacial score (nSPS) is 12.5. The van der Waals surface area contributed by atoms with E-state index in [1.807, 2.05) is 6.92 Å². The fourth-order valence-electron chi connectivity index (χ4n) is 0.750. The lowest BCUT2D eigenvalue weighted by Crippen LogP contribution is -2.14. The Morgan fingerprint density at radius 3 is 2.69 bits per heavy atom. The first-order chi connectivity index (χ1) is 6.22. The molecule has 0 bridgehead atoms. The van der Waals surface area contributed by atoms with E-state index in [4.69, 9.17) is 11.6 Å². The lowest BCUT2D eigenvalue weighted by Gasteiger charge is -2.07. The molecule has 0 aliphatic carbocycles. The number of halogens is 2. The van der Waals surface area contributed by atoms with Gasteiger partial charge in [-0.25, -0.2) is 14.4 Å². The van der Waals surface area contributed by atoms with Crippen LogP contribution in [0.2, 0.25) is 0 Å². The lowest BCUT2D eigenvalue weighted by atomic mass is 10.3. The maximum Gasteiger partial charge on any atom is 0.222 e. The monoisotopic (exact) mass is 203 g/mol. The van der Waals surface area contributed by atoms with Crippen molar-refractivity contribution in [1.82, 2.24) is 9.97 Å². The van der Waals surface area contributed by atoms with E-state index in [1.165, 1.54) is 0 Å². The third-order valence-corrected chi connectivity index (χ3v) is 2.01. The van der Waals surface area contributed by atoms with Crippen molar-refractivity contribution in [2.75, 3.05) is 11.9 Å². The first-order valence-electron chi connectivity index (χ1n) is 4.08. The van der Waals surface area contributed by atoms with E-state index in [0.29, 0.717) is 12.5 Å². The van der Waals surface area contributed by atoms with Crippen LogP contribution >= 0.6 is 11.6 Å². The average molecular weight is 204 g/mol. The molecule has 1 N–H and O–H groups in total. The molecule has 0 aromatic carbocycles. The summed E-state index contributed by atoms with van der Waals surface area (Å²) in [7, 11) is 0. The number of rotatable bonds is 4. The SMILES string of the molecule is CCC(Cl)CNc1ncc(F)cn1. The molecule has 0 aliphatic rings. The van der Waals surface area contributed by atoms with Crippen LogP contribution in [0.1, 0.15) is 13.3 Å². The Bertz CT molecular complexity index is 252. The predicted molar refractivity (Wildman–Crippen MR) is 50.4 cm³/mol. The Morgan fingerprint density at radius 2 is 2.15 bits per heavy atom. The number of anilines is 1. The molecular formula is C8H11ClFN3. The van der Waals surface area contributed by atoms with Crippen molar-refractivity contribution < 1.29 is 4.39 Å². The van der Waals surface area contributed by atoms with Crippen molar-refractivity contribution in [3.8, 4) is 0 Å². The molecule has 1 aromatic rings. The molecule has 1 unspecified atom stereocenters. The van der Waals surface area contributed by atoms with Crippen LogP contribution < -0.4 is 5.32 Å². The zero-order valence-electron chi connectivity index (χ0n) is 7.30. The minimum Gasteiger partial charge on any atom is -0.353 e. The van der Waals surface area contributed by atoms with Crippen molar-refractivity contribution in [1.29, 1.82) is 0 Å². The maximum absolute atomic E-state index is 12.4. The summed E-state index contributed by atoms with van der Waals surface area (Å²) in [5.74, 6) is -0.0380. The third kappa shape index (κ3) is 3.55. The summed E-state index contributed by atoms with van der Waals surface area (Å²) in [4.78, 5) is 7.46. The minimum absolute atomic E-state index is 0.0497. The summed E-state index contributed by atoms with van der Waals surface area (Å²) < 4.78 is 12.4. The zero-order valence-corrected chi connectivity index (χ0v) is 8.05. The van der Waals surface area contributed by atoms with Gasteiger partial charge in [-0.3, -0.25) is 0 Å². The molecule has 3 nitrogen and oxygen atoms in total. The van der Waals surface area contributed by atoms with Gasteiger partial charge < -0.3 is 5.32 Å². The second-order valence-electron chi connectivity index (χ2n) is 2.61. The Labute approximate surface area is 81.3 Å². The summed E-state index contributed by atoms with van der Waals surface area (Å²) in [5, 5.41) is 2.95. The van der Waals surface area contributed by atoms with Gasteiger partial charge in [-0.15, -0.1) is 11.6 Å². The highest BCUT2D eigenvalue weighted by molar-refractivity contribution is 6.20. The van der Waals surface area contributed by atoms with E-state index in [-0.39, 0.29) is 5.38 Å². The summed E-state index contributed by atoms with van der Waals surface area (Å²) in [6.45, 7) is 2.58. The fourth-order valence-corrected chi connectivity index (χ4v) is 0.827. The van der Waals surface area contributed by atoms with Crippen LogP contribution in [0.3, 0.4) is 0 Å². The molecule has 1 heterocycles. The molecule has 1 atom stereocenters. The molecule has 5 heteroatoms. The Hall–Kier alpha value is -0.900. The number of alkyl halides is 1. The van der Waals surface area contributed by atoms with Crippen LogP contribution in [0, 0.1) is 5.82 Å². The number of hydrogen-bond acceptors (Lipinski definition) is 3. The predicted octanol–water partition coefficient (Wildman–Crippen LogP) is 2.04. The molecule has 13 heavy (non-hydrogen) atoms. The number of aromatic nitrogens is 2. The van der Waals surface area contributed by atoms with Gasteiger partial charge in [-0.05, 0) is 6.42 Å². The van der Waals surface area contributed by atoms with Crippen molar-refractivity contribution in [2.45, 2.75) is 18.7 Å². The number of nitrogens with zero attached hydrogens (tertiary/aromatic N) is 2. The molecule has 1 rings (SSSR count). The number of nitrogens with one attached hydrogen (secondary N) is 1. The summed E-state index contributed by atoms with van der Waals surface area (Å²) in [5.41, 5.74) is 0. The maximum atomic E-state index is 12.4. The van der Waals surface area contributed by atoms with Crippen molar-refractivity contribution in [2.24, 2.45) is 0 Å². The Morgan fingerprint density at radius 1 is 1.54 bits per heavy atom. The van der Waals surface area contributed by atoms with Crippen molar-refractivity contribution in [3.05, 3.63) is 18.2 Å². The van der Waals surface area contributed by atoms with Gasteiger partial charge in [0.05, 0.1) is 17.8 Å². The van der Waals surface area contributed by atoms with E-state index in [1.54, 1.807) is 0 Å². The molecule has 0 amide bonds. The quantitative estimate of drug-likeness (QED) is 0.762. The van der Waals surface area contributed by atoms with Crippen LogP contribution in [-0.2, 0) is 0 Å². The number of hydrogen-bond donors (Lipinski definition) is 1. The summed E-state index contributed by atoms with van der Waals surface area (Å²) >= 11 is 5.85. The molecule has 0 saturated carbocycles. The van der Waals surface area contributed by atoms with Crippen LogP contribution in [0.25, 0.3) is 0 Å². The molecule has 0 fully saturated rings. The van der Waals surface area contributed by atoms with E-state index < -0.39 is 5.82 Å². The first-order valence-corrected chi connectivity index (χ1v) is 4.51. The Kier molecular flexibility index (Phi) is 3.89. The van der Waals surface area contributed by atoms with Gasteiger partial charge in [0.2, 0.25) is 5.95 Å². The van der Waals surface area contributed by atoms with Crippen LogP contribution in [-0.4, -0.2) is 21.9 Å². The Balaban J connectivity index is 2.41. The van der Waals surface area contributed by atoms with Gasteiger partial charge >= 0.3 is 0 Å². The second-order valence-corrected chi connectivity index (χ2v) is 3.23. The standard InChI is InChI=1S/C8H11ClFN3/c1-2-6(9)3-11-8-12-4-7(10)5-13-8/h4-6H,2-3H2,1H3,(H,11,12,13). The van der Waals surface area contributed by atoms with Crippen LogP contribution in [0.15, 0.2) is 12.4 Å². The fraction of sp³-hybridized carbons (Fsp3) is 0.500. The summed E-state index contributed by atoms with van der Waals surface area (Å²) in [6.07, 6.45) is 3.10. The van der Waals surface area contributed by atoms with Crippen LogP contribution in [0.5, 0.6) is 0 Å². The van der Waals surface area contributed by atoms with Crippen molar-refractivity contribution in [3.63, 3.8) is 0 Å². The molecule has 1 aromatic heterocycles.